The smallest absolute Gasteiger partial charge is 0.305 e. The predicted molar refractivity (Wildman–Crippen MR) is 65.9 cm³/mol. The molecule has 2 N–H and O–H groups in total. The van der Waals surface area contributed by atoms with E-state index in [-0.39, 0.29) is 18.4 Å². The molecule has 1 amide bonds. The number of aromatic nitrogens is 2. The molecular formula is C12H19N3O3. The molecule has 0 fully saturated rings. The molecule has 1 heterocycles. The Hall–Kier alpha value is -1.85. The molecule has 6 heteroatoms. The maximum atomic E-state index is 11.7. The summed E-state index contributed by atoms with van der Waals surface area (Å²) in [5.41, 5.74) is 0. The van der Waals surface area contributed by atoms with Crippen LogP contribution in [0.5, 0.6) is 0 Å². The van der Waals surface area contributed by atoms with Crippen molar-refractivity contribution in [1.82, 2.24) is 14.9 Å². The number of amides is 1. The van der Waals surface area contributed by atoms with Crippen LogP contribution in [0.1, 0.15) is 32.6 Å². The van der Waals surface area contributed by atoms with Gasteiger partial charge in [0.05, 0.1) is 12.7 Å². The largest absolute Gasteiger partial charge is 0.481 e. The zero-order valence-electron chi connectivity index (χ0n) is 10.5. The van der Waals surface area contributed by atoms with E-state index < -0.39 is 5.97 Å². The van der Waals surface area contributed by atoms with Gasteiger partial charge >= 0.3 is 5.97 Å². The first-order valence-electron chi connectivity index (χ1n) is 6.08. The summed E-state index contributed by atoms with van der Waals surface area (Å²) in [7, 11) is 0. The van der Waals surface area contributed by atoms with Crippen molar-refractivity contribution in [2.45, 2.75) is 45.2 Å². The average molecular weight is 253 g/mol. The lowest BCUT2D eigenvalue weighted by Crippen LogP contribution is -2.36. The topological polar surface area (TPSA) is 84.2 Å². The van der Waals surface area contributed by atoms with Crippen LogP contribution in [0.4, 0.5) is 0 Å². The molecule has 1 rings (SSSR count). The molecule has 0 aliphatic heterocycles. The van der Waals surface area contributed by atoms with Crippen LogP contribution in [0.2, 0.25) is 0 Å². The fourth-order valence-corrected chi connectivity index (χ4v) is 1.73. The minimum Gasteiger partial charge on any atom is -0.481 e. The molecule has 6 nitrogen and oxygen atoms in total. The zero-order chi connectivity index (χ0) is 13.4. The van der Waals surface area contributed by atoms with Gasteiger partial charge in [-0.15, -0.1) is 0 Å². The molecule has 100 valence electrons. The predicted octanol–water partition coefficient (Wildman–Crippen LogP) is 1.03. The summed E-state index contributed by atoms with van der Waals surface area (Å²) in [5.74, 6) is -1.01. The lowest BCUT2D eigenvalue weighted by molar-refractivity contribution is -0.137. The number of nitrogens with zero attached hydrogens (tertiary/aromatic N) is 2. The van der Waals surface area contributed by atoms with Crippen LogP contribution >= 0.6 is 0 Å². The molecule has 0 spiro atoms. The highest BCUT2D eigenvalue weighted by Gasteiger charge is 2.14. The van der Waals surface area contributed by atoms with Crippen molar-refractivity contribution in [3.8, 4) is 0 Å². The Labute approximate surface area is 106 Å². The normalized spacial score (nSPS) is 12.1. The van der Waals surface area contributed by atoms with Gasteiger partial charge in [-0.05, 0) is 6.42 Å². The summed E-state index contributed by atoms with van der Waals surface area (Å²) in [6.07, 6.45) is 6.92. The van der Waals surface area contributed by atoms with E-state index in [1.54, 1.807) is 18.7 Å². The van der Waals surface area contributed by atoms with E-state index in [0.29, 0.717) is 19.4 Å². The third-order valence-corrected chi connectivity index (χ3v) is 2.58. The van der Waals surface area contributed by atoms with Gasteiger partial charge in [0.15, 0.2) is 0 Å². The standard InChI is InChI=1S/C12H19N3O3/c1-2-3-10(8-12(17)18)14-11(16)4-6-15-7-5-13-9-15/h5,7,9-10H,2-4,6,8H2,1H3,(H,14,16)(H,17,18). The highest BCUT2D eigenvalue weighted by atomic mass is 16.4. The highest BCUT2D eigenvalue weighted by Crippen LogP contribution is 2.02. The maximum Gasteiger partial charge on any atom is 0.305 e. The fraction of sp³-hybridized carbons (Fsp3) is 0.583. The Kier molecular flexibility index (Phi) is 5.90. The first-order chi connectivity index (χ1) is 8.61. The number of hydrogen-bond acceptors (Lipinski definition) is 3. The average Bonchev–Trinajstić information content (AvgIpc) is 2.78. The third-order valence-electron chi connectivity index (χ3n) is 2.58. The van der Waals surface area contributed by atoms with E-state index in [1.165, 1.54) is 0 Å². The van der Waals surface area contributed by atoms with Gasteiger partial charge in [0.25, 0.3) is 0 Å². The number of carbonyl (C=O) groups is 2. The van der Waals surface area contributed by atoms with E-state index >= 15 is 0 Å². The van der Waals surface area contributed by atoms with Crippen LogP contribution in [-0.2, 0) is 16.1 Å². The number of aryl methyl sites for hydroxylation is 1. The van der Waals surface area contributed by atoms with Gasteiger partial charge in [-0.1, -0.05) is 13.3 Å². The van der Waals surface area contributed by atoms with Crippen molar-refractivity contribution >= 4 is 11.9 Å². The third kappa shape index (κ3) is 5.47. The zero-order valence-corrected chi connectivity index (χ0v) is 10.5. The molecule has 0 saturated carbocycles. The van der Waals surface area contributed by atoms with E-state index in [9.17, 15) is 9.59 Å². The maximum absolute atomic E-state index is 11.7. The number of carbonyl (C=O) groups excluding carboxylic acids is 1. The Balaban J connectivity index is 2.33. The van der Waals surface area contributed by atoms with Crippen molar-refractivity contribution in [3.05, 3.63) is 18.7 Å². The van der Waals surface area contributed by atoms with Crippen LogP contribution in [0.3, 0.4) is 0 Å². The SMILES string of the molecule is CCCC(CC(=O)O)NC(=O)CCn1ccnc1. The number of carboxylic acid groups (broad SMARTS) is 1. The summed E-state index contributed by atoms with van der Waals surface area (Å²) in [6, 6.07) is -0.275. The van der Waals surface area contributed by atoms with Crippen molar-refractivity contribution in [3.63, 3.8) is 0 Å². The lowest BCUT2D eigenvalue weighted by atomic mass is 10.1. The van der Waals surface area contributed by atoms with E-state index in [4.69, 9.17) is 5.11 Å². The lowest BCUT2D eigenvalue weighted by Gasteiger charge is -2.16. The molecule has 1 aromatic heterocycles. The van der Waals surface area contributed by atoms with Gasteiger partial charge in [-0.2, -0.15) is 0 Å². The molecule has 1 aromatic rings. The molecule has 0 aromatic carbocycles. The number of imidazole rings is 1. The number of hydrogen-bond donors (Lipinski definition) is 2. The van der Waals surface area contributed by atoms with Crippen LogP contribution in [0.15, 0.2) is 18.7 Å². The Morgan fingerprint density at radius 1 is 1.50 bits per heavy atom. The quantitative estimate of drug-likeness (QED) is 0.724. The van der Waals surface area contributed by atoms with Crippen molar-refractivity contribution in [2.24, 2.45) is 0 Å². The molecule has 0 saturated heterocycles. The molecule has 0 radical (unpaired) electrons. The molecule has 1 atom stereocenters. The first kappa shape index (κ1) is 14.2. The van der Waals surface area contributed by atoms with Gasteiger partial charge in [0, 0.05) is 31.4 Å². The van der Waals surface area contributed by atoms with Crippen molar-refractivity contribution in [2.75, 3.05) is 0 Å². The van der Waals surface area contributed by atoms with E-state index in [0.717, 1.165) is 6.42 Å². The number of rotatable bonds is 8. The summed E-state index contributed by atoms with van der Waals surface area (Å²) < 4.78 is 1.81. The monoisotopic (exact) mass is 253 g/mol. The van der Waals surface area contributed by atoms with Crippen molar-refractivity contribution < 1.29 is 14.7 Å². The minimum atomic E-state index is -0.886. The van der Waals surface area contributed by atoms with Gasteiger partial charge in [-0.25, -0.2) is 4.98 Å². The Morgan fingerprint density at radius 2 is 2.28 bits per heavy atom. The summed E-state index contributed by atoms with van der Waals surface area (Å²) >= 11 is 0. The molecule has 0 aliphatic rings. The van der Waals surface area contributed by atoms with Crippen LogP contribution in [-0.4, -0.2) is 32.6 Å². The Bertz CT molecular complexity index is 376. The molecule has 0 aliphatic carbocycles. The van der Waals surface area contributed by atoms with Gasteiger partial charge in [0.1, 0.15) is 0 Å². The number of carboxylic acids is 1. The molecule has 18 heavy (non-hydrogen) atoms. The van der Waals surface area contributed by atoms with Crippen LogP contribution < -0.4 is 5.32 Å². The summed E-state index contributed by atoms with van der Waals surface area (Å²) in [5, 5.41) is 11.5. The van der Waals surface area contributed by atoms with Gasteiger partial charge in [0.2, 0.25) is 5.91 Å². The van der Waals surface area contributed by atoms with Gasteiger partial charge in [-0.3, -0.25) is 9.59 Å². The second-order valence-electron chi connectivity index (χ2n) is 4.20. The second kappa shape index (κ2) is 7.47. The fourth-order valence-electron chi connectivity index (χ4n) is 1.73. The highest BCUT2D eigenvalue weighted by molar-refractivity contribution is 5.77. The van der Waals surface area contributed by atoms with Crippen LogP contribution in [0.25, 0.3) is 0 Å². The molecular weight excluding hydrogens is 234 g/mol. The Morgan fingerprint density at radius 3 is 2.83 bits per heavy atom. The van der Waals surface area contributed by atoms with Crippen LogP contribution in [0, 0.1) is 0 Å². The summed E-state index contributed by atoms with van der Waals surface area (Å²) in [4.78, 5) is 26.2. The number of aliphatic carboxylic acids is 1. The van der Waals surface area contributed by atoms with Crippen molar-refractivity contribution in [1.29, 1.82) is 0 Å². The minimum absolute atomic E-state index is 0.0232. The molecule has 0 bridgehead atoms. The summed E-state index contributed by atoms with van der Waals surface area (Å²) in [6.45, 7) is 2.52. The van der Waals surface area contributed by atoms with E-state index in [1.807, 2.05) is 11.5 Å². The van der Waals surface area contributed by atoms with E-state index in [2.05, 4.69) is 10.3 Å². The number of nitrogens with one attached hydrogen (secondary N) is 1. The molecule has 1 unspecified atom stereocenters. The van der Waals surface area contributed by atoms with Gasteiger partial charge < -0.3 is 15.0 Å². The second-order valence-corrected chi connectivity index (χ2v) is 4.20. The first-order valence-corrected chi connectivity index (χ1v) is 6.08.